The van der Waals surface area contributed by atoms with Gasteiger partial charge >= 0.3 is 11.8 Å². The Morgan fingerprint density at radius 3 is 1.80 bits per heavy atom. The molecular weight excluding hydrogens is 548 g/mol. The van der Waals surface area contributed by atoms with E-state index in [-0.39, 0.29) is 6.23 Å². The molecule has 0 N–H and O–H groups in total. The lowest BCUT2D eigenvalue weighted by Gasteiger charge is -2.30. The standard InChI is InChI=1S/C36H27N6O2/c1-3-21-37-27(7-1)29-9-5-11-31(39-29)35-41-33(43-35)25-17-13-23(14-18-25)24-15-19-26(20-16-24)34-42-36(44-34)32-12-6-10-30(40-32)28-8-2-4-22-38-28/h1-13,15,17-24,33H,14,16H2/q+1. The summed E-state index contributed by atoms with van der Waals surface area (Å²) in [4.78, 5) is 22.8. The molecule has 2 aliphatic carbocycles. The molecule has 0 spiro atoms. The Hall–Kier alpha value is -5.72. The Morgan fingerprint density at radius 2 is 1.20 bits per heavy atom. The molecule has 0 aromatic carbocycles. The first-order chi connectivity index (χ1) is 21.8. The summed E-state index contributed by atoms with van der Waals surface area (Å²) >= 11 is 0. The molecule has 4 aromatic heterocycles. The average molecular weight is 576 g/mol. The quantitative estimate of drug-likeness (QED) is 0.264. The highest BCUT2D eigenvalue weighted by Crippen LogP contribution is 2.34. The predicted molar refractivity (Wildman–Crippen MR) is 169 cm³/mol. The third kappa shape index (κ3) is 5.08. The molecular formula is C36H27N6O2+. The zero-order chi connectivity index (χ0) is 29.3. The first-order valence-corrected chi connectivity index (χ1v) is 14.7. The van der Waals surface area contributed by atoms with E-state index in [1.807, 2.05) is 72.8 Å². The molecule has 212 valence electrons. The van der Waals surface area contributed by atoms with Crippen molar-refractivity contribution in [3.05, 3.63) is 144 Å². The molecule has 8 rings (SSSR count). The van der Waals surface area contributed by atoms with Crippen molar-refractivity contribution in [1.29, 1.82) is 0 Å². The molecule has 8 nitrogen and oxygen atoms in total. The van der Waals surface area contributed by atoms with Crippen LogP contribution in [0.15, 0.2) is 138 Å². The third-order valence-electron chi connectivity index (χ3n) is 8.02. The van der Waals surface area contributed by atoms with E-state index in [0.29, 0.717) is 35.2 Å². The number of ether oxygens (including phenoxy) is 2. The van der Waals surface area contributed by atoms with E-state index in [1.165, 1.54) is 0 Å². The van der Waals surface area contributed by atoms with Gasteiger partial charge in [-0.1, -0.05) is 54.6 Å². The van der Waals surface area contributed by atoms with E-state index in [0.717, 1.165) is 52.5 Å². The first kappa shape index (κ1) is 25.9. The zero-order valence-electron chi connectivity index (χ0n) is 23.7. The van der Waals surface area contributed by atoms with Crippen molar-refractivity contribution in [3.8, 4) is 22.8 Å². The molecule has 8 heteroatoms. The van der Waals surface area contributed by atoms with Crippen LogP contribution in [0.2, 0.25) is 0 Å². The van der Waals surface area contributed by atoms with Gasteiger partial charge in [-0.3, -0.25) is 9.97 Å². The second kappa shape index (κ2) is 11.2. The molecule has 3 unspecified atom stereocenters. The molecule has 44 heavy (non-hydrogen) atoms. The summed E-state index contributed by atoms with van der Waals surface area (Å²) in [6.07, 6.45) is 18.4. The molecule has 0 fully saturated rings. The summed E-state index contributed by atoms with van der Waals surface area (Å²) in [6, 6.07) is 23.2. The van der Waals surface area contributed by atoms with Crippen molar-refractivity contribution >= 4 is 17.7 Å². The van der Waals surface area contributed by atoms with E-state index < -0.39 is 0 Å². The van der Waals surface area contributed by atoms with E-state index in [4.69, 9.17) is 14.5 Å². The molecule has 3 atom stereocenters. The number of nitrogens with zero attached hydrogens (tertiary/aromatic N) is 6. The van der Waals surface area contributed by atoms with Crippen molar-refractivity contribution in [2.45, 2.75) is 19.1 Å². The minimum atomic E-state index is -0.283. The lowest BCUT2D eigenvalue weighted by molar-refractivity contribution is 0.181. The first-order valence-electron chi connectivity index (χ1n) is 14.7. The second-order valence-corrected chi connectivity index (χ2v) is 10.9. The van der Waals surface area contributed by atoms with Gasteiger partial charge in [-0.15, -0.1) is 0 Å². The van der Waals surface area contributed by atoms with E-state index in [1.54, 1.807) is 12.4 Å². The lowest BCUT2D eigenvalue weighted by atomic mass is 9.80. The molecule has 0 radical (unpaired) electrons. The van der Waals surface area contributed by atoms with Gasteiger partial charge in [-0.25, -0.2) is 15.0 Å². The predicted octanol–water partition coefficient (Wildman–Crippen LogP) is 5.65. The average Bonchev–Trinajstić information content (AvgIpc) is 3.05. The van der Waals surface area contributed by atoms with Crippen LogP contribution in [-0.4, -0.2) is 43.9 Å². The largest absolute Gasteiger partial charge is 0.529 e. The van der Waals surface area contributed by atoms with Gasteiger partial charge in [-0.05, 0) is 79.3 Å². The SMILES string of the molecule is C1=CC(C2C=CC(C3N=C(c4cccc(-c5ccccn5)n4)O3)=CC2)CC=C1C1=[N+]=C(c2cccc(-c3ccccn3)n2)O1. The molecule has 0 saturated carbocycles. The highest BCUT2D eigenvalue weighted by Gasteiger charge is 2.38. The number of pyridine rings is 4. The van der Waals surface area contributed by atoms with Gasteiger partial charge in [-0.2, -0.15) is 0 Å². The van der Waals surface area contributed by atoms with Gasteiger partial charge in [0.15, 0.2) is 5.69 Å². The lowest BCUT2D eigenvalue weighted by Crippen LogP contribution is -2.32. The summed E-state index contributed by atoms with van der Waals surface area (Å²) in [5.74, 6) is 2.56. The third-order valence-corrected chi connectivity index (χ3v) is 8.02. The fourth-order valence-electron chi connectivity index (χ4n) is 5.60. The van der Waals surface area contributed by atoms with Gasteiger partial charge in [0.1, 0.15) is 11.3 Å². The number of aliphatic imine (C=N–C) groups is 1. The molecule has 4 aromatic rings. The number of allylic oxidation sites excluding steroid dienone is 4. The molecule has 0 amide bonds. The topological polar surface area (TPSA) is 96.5 Å². The fourth-order valence-corrected chi connectivity index (χ4v) is 5.60. The van der Waals surface area contributed by atoms with Crippen LogP contribution in [0.25, 0.3) is 22.8 Å². The van der Waals surface area contributed by atoms with Crippen molar-refractivity contribution in [2.24, 2.45) is 16.8 Å². The summed E-state index contributed by atoms with van der Waals surface area (Å²) in [7, 11) is 0. The maximum atomic E-state index is 6.05. The van der Waals surface area contributed by atoms with Crippen LogP contribution in [0.1, 0.15) is 24.2 Å². The Kier molecular flexibility index (Phi) is 6.59. The maximum absolute atomic E-state index is 6.05. The van der Waals surface area contributed by atoms with Crippen LogP contribution < -0.4 is 4.67 Å². The molecule has 0 bridgehead atoms. The number of hydrogen-bond donors (Lipinski definition) is 0. The minimum absolute atomic E-state index is 0.283. The summed E-state index contributed by atoms with van der Waals surface area (Å²) in [5, 5.41) is 0. The Balaban J connectivity index is 0.878. The second-order valence-electron chi connectivity index (χ2n) is 10.9. The van der Waals surface area contributed by atoms with Crippen LogP contribution in [-0.2, 0) is 9.47 Å². The van der Waals surface area contributed by atoms with E-state index in [2.05, 4.69) is 61.1 Å². The monoisotopic (exact) mass is 575 g/mol. The molecule has 2 aliphatic heterocycles. The normalized spacial score (nSPS) is 21.7. The molecule has 6 heterocycles. The van der Waals surface area contributed by atoms with Crippen LogP contribution in [0.4, 0.5) is 0 Å². The summed E-state index contributed by atoms with van der Waals surface area (Å²) in [5.41, 5.74) is 6.75. The fraction of sp³-hybridized carbons (Fsp3) is 0.139. The van der Waals surface area contributed by atoms with E-state index in [9.17, 15) is 0 Å². The van der Waals surface area contributed by atoms with Gasteiger partial charge < -0.3 is 9.47 Å². The van der Waals surface area contributed by atoms with Gasteiger partial charge in [0.2, 0.25) is 12.1 Å². The maximum Gasteiger partial charge on any atom is 0.529 e. The van der Waals surface area contributed by atoms with Crippen molar-refractivity contribution in [3.63, 3.8) is 0 Å². The van der Waals surface area contributed by atoms with Gasteiger partial charge in [0, 0.05) is 22.6 Å². The molecule has 4 aliphatic rings. The van der Waals surface area contributed by atoms with Crippen LogP contribution in [0.5, 0.6) is 0 Å². The Bertz CT molecular complexity index is 1970. The smallest absolute Gasteiger partial charge is 0.446 e. The highest BCUT2D eigenvalue weighted by atomic mass is 16.5. The van der Waals surface area contributed by atoms with Gasteiger partial charge in [0.05, 0.1) is 22.8 Å². The van der Waals surface area contributed by atoms with Crippen LogP contribution in [0, 0.1) is 11.8 Å². The van der Waals surface area contributed by atoms with E-state index >= 15 is 0 Å². The summed E-state index contributed by atoms with van der Waals surface area (Å²) in [6.45, 7) is 0. The Labute approximate surface area is 254 Å². The summed E-state index contributed by atoms with van der Waals surface area (Å²) < 4.78 is 16.7. The van der Waals surface area contributed by atoms with Crippen LogP contribution >= 0.6 is 0 Å². The Morgan fingerprint density at radius 1 is 0.614 bits per heavy atom. The van der Waals surface area contributed by atoms with Crippen molar-refractivity contribution < 1.29 is 9.47 Å². The van der Waals surface area contributed by atoms with Crippen LogP contribution in [0.3, 0.4) is 0 Å². The molecule has 0 saturated heterocycles. The number of rotatable bonds is 7. The van der Waals surface area contributed by atoms with Crippen molar-refractivity contribution in [1.82, 2.24) is 24.6 Å². The number of hydrogen-bond acceptors (Lipinski definition) is 7. The zero-order valence-corrected chi connectivity index (χ0v) is 23.7. The minimum Gasteiger partial charge on any atom is -0.446 e. The highest BCUT2D eigenvalue weighted by molar-refractivity contribution is 6.14. The van der Waals surface area contributed by atoms with Gasteiger partial charge in [0.25, 0.3) is 0 Å². The number of aromatic nitrogens is 4. The van der Waals surface area contributed by atoms with Crippen molar-refractivity contribution in [2.75, 3.05) is 0 Å².